The minimum atomic E-state index is -0.325. The molecule has 2 aromatic rings. The van der Waals surface area contributed by atoms with Gasteiger partial charge in [-0.05, 0) is 25.0 Å². The first-order chi connectivity index (χ1) is 12.0. The Balaban J connectivity index is 1.91. The van der Waals surface area contributed by atoms with Crippen LogP contribution in [0, 0.1) is 6.92 Å². The Labute approximate surface area is 147 Å². The summed E-state index contributed by atoms with van der Waals surface area (Å²) in [6, 6.07) is 7.14. The van der Waals surface area contributed by atoms with E-state index in [1.807, 2.05) is 31.2 Å². The summed E-state index contributed by atoms with van der Waals surface area (Å²) >= 11 is 0. The van der Waals surface area contributed by atoms with Crippen LogP contribution >= 0.6 is 0 Å². The van der Waals surface area contributed by atoms with Gasteiger partial charge in [-0.1, -0.05) is 18.2 Å². The lowest BCUT2D eigenvalue weighted by molar-refractivity contribution is -0.128. The van der Waals surface area contributed by atoms with Gasteiger partial charge in [0, 0.05) is 32.4 Å². The molecular weight excluding hydrogens is 318 g/mol. The summed E-state index contributed by atoms with van der Waals surface area (Å²) in [6.45, 7) is 2.15. The number of hydrogen-bond donors (Lipinski definition) is 2. The molecule has 0 aliphatic rings. The van der Waals surface area contributed by atoms with Crippen LogP contribution in [0.3, 0.4) is 0 Å². The van der Waals surface area contributed by atoms with Crippen molar-refractivity contribution in [1.82, 2.24) is 20.2 Å². The fourth-order valence-electron chi connectivity index (χ4n) is 2.17. The van der Waals surface area contributed by atoms with Gasteiger partial charge in [0.15, 0.2) is 0 Å². The van der Waals surface area contributed by atoms with Gasteiger partial charge in [0.2, 0.25) is 5.91 Å². The van der Waals surface area contributed by atoms with Crippen LogP contribution in [0.15, 0.2) is 36.7 Å². The number of aryl methyl sites for hydroxylation is 2. The molecule has 0 saturated carbocycles. The molecule has 1 heterocycles. The molecule has 7 nitrogen and oxygen atoms in total. The zero-order valence-corrected chi connectivity index (χ0v) is 14.7. The predicted molar refractivity (Wildman–Crippen MR) is 96.1 cm³/mol. The van der Waals surface area contributed by atoms with E-state index < -0.39 is 0 Å². The Hall–Kier alpha value is -2.96. The molecule has 25 heavy (non-hydrogen) atoms. The number of amides is 3. The highest BCUT2D eigenvalue weighted by Crippen LogP contribution is 2.17. The van der Waals surface area contributed by atoms with Crippen LogP contribution in [0.5, 0.6) is 0 Å². The molecule has 132 valence electrons. The third-order valence-electron chi connectivity index (χ3n) is 3.64. The number of urea groups is 1. The molecule has 0 bridgehead atoms. The van der Waals surface area contributed by atoms with E-state index in [4.69, 9.17) is 0 Å². The molecule has 2 N–H and O–H groups in total. The van der Waals surface area contributed by atoms with Crippen LogP contribution in [0.25, 0.3) is 0 Å². The van der Waals surface area contributed by atoms with Crippen molar-refractivity contribution in [3.8, 4) is 0 Å². The van der Waals surface area contributed by atoms with E-state index >= 15 is 0 Å². The van der Waals surface area contributed by atoms with Crippen molar-refractivity contribution >= 4 is 17.6 Å². The highest BCUT2D eigenvalue weighted by molar-refractivity contribution is 5.90. The fraction of sp³-hybridized carbons (Fsp3) is 0.333. The van der Waals surface area contributed by atoms with E-state index in [2.05, 4.69) is 20.6 Å². The molecule has 1 aromatic heterocycles. The third kappa shape index (κ3) is 5.87. The first kappa shape index (κ1) is 18.4. The fourth-order valence-corrected chi connectivity index (χ4v) is 2.17. The van der Waals surface area contributed by atoms with Crippen LogP contribution in [-0.4, -0.2) is 40.9 Å². The lowest BCUT2D eigenvalue weighted by atomic mass is 10.1. The third-order valence-corrected chi connectivity index (χ3v) is 3.64. The summed E-state index contributed by atoms with van der Waals surface area (Å²) in [5.74, 6) is 0.0530. The number of aromatic nitrogens is 2. The second-order valence-corrected chi connectivity index (χ2v) is 5.90. The summed E-state index contributed by atoms with van der Waals surface area (Å²) < 4.78 is 0. The zero-order valence-electron chi connectivity index (χ0n) is 14.7. The number of carbonyl (C=O) groups is 2. The number of carbonyl (C=O) groups excluding carboxylic acids is 2. The Kier molecular flexibility index (Phi) is 6.45. The van der Waals surface area contributed by atoms with Gasteiger partial charge >= 0.3 is 6.03 Å². The maximum absolute atomic E-state index is 12.1. The van der Waals surface area contributed by atoms with Gasteiger partial charge in [0.25, 0.3) is 0 Å². The molecule has 0 aliphatic heterocycles. The molecule has 0 saturated heterocycles. The summed E-state index contributed by atoms with van der Waals surface area (Å²) in [5.41, 5.74) is 3.13. The molecule has 0 radical (unpaired) electrons. The van der Waals surface area contributed by atoms with E-state index in [1.54, 1.807) is 31.4 Å². The number of para-hydroxylation sites is 1. The van der Waals surface area contributed by atoms with E-state index in [9.17, 15) is 9.59 Å². The van der Waals surface area contributed by atoms with E-state index in [0.717, 1.165) is 11.3 Å². The summed E-state index contributed by atoms with van der Waals surface area (Å²) in [4.78, 5) is 33.7. The largest absolute Gasteiger partial charge is 0.349 e. The molecule has 0 fully saturated rings. The van der Waals surface area contributed by atoms with Crippen LogP contribution < -0.4 is 10.6 Å². The van der Waals surface area contributed by atoms with Crippen LogP contribution in [0.4, 0.5) is 10.5 Å². The number of nitrogens with one attached hydrogen (secondary N) is 2. The first-order valence-corrected chi connectivity index (χ1v) is 8.06. The van der Waals surface area contributed by atoms with Gasteiger partial charge < -0.3 is 15.5 Å². The zero-order chi connectivity index (χ0) is 18.2. The molecule has 0 spiro atoms. The standard InChI is InChI=1S/C18H23N5O2/c1-13-10-20-15(11-19-13)12-21-18(25)22-16-7-5-4-6-14(16)8-9-17(24)23(2)3/h4-7,10-11H,8-9,12H2,1-3H3,(H2,21,22,25). The molecule has 3 amide bonds. The highest BCUT2D eigenvalue weighted by Gasteiger charge is 2.09. The number of nitrogens with zero attached hydrogens (tertiary/aromatic N) is 3. The average Bonchev–Trinajstić information content (AvgIpc) is 2.60. The van der Waals surface area contributed by atoms with E-state index in [1.165, 1.54) is 0 Å². The predicted octanol–water partition coefficient (Wildman–Crippen LogP) is 2.13. The van der Waals surface area contributed by atoms with Crippen molar-refractivity contribution < 1.29 is 9.59 Å². The minimum absolute atomic E-state index is 0.0530. The summed E-state index contributed by atoms with van der Waals surface area (Å²) in [7, 11) is 3.46. The number of hydrogen-bond acceptors (Lipinski definition) is 4. The first-order valence-electron chi connectivity index (χ1n) is 8.06. The molecule has 7 heteroatoms. The molecule has 2 rings (SSSR count). The van der Waals surface area contributed by atoms with Crippen molar-refractivity contribution in [1.29, 1.82) is 0 Å². The smallest absolute Gasteiger partial charge is 0.319 e. The van der Waals surface area contributed by atoms with Gasteiger partial charge in [-0.15, -0.1) is 0 Å². The second kappa shape index (κ2) is 8.77. The van der Waals surface area contributed by atoms with Crippen molar-refractivity contribution in [3.63, 3.8) is 0 Å². The molecule has 0 atom stereocenters. The topological polar surface area (TPSA) is 87.2 Å². The van der Waals surface area contributed by atoms with Gasteiger partial charge in [-0.25, -0.2) is 4.79 Å². The minimum Gasteiger partial charge on any atom is -0.349 e. The van der Waals surface area contributed by atoms with Crippen molar-refractivity contribution in [3.05, 3.63) is 53.6 Å². The second-order valence-electron chi connectivity index (χ2n) is 5.90. The maximum atomic E-state index is 12.1. The summed E-state index contributed by atoms with van der Waals surface area (Å²) in [5, 5.41) is 5.57. The Morgan fingerprint density at radius 1 is 1.12 bits per heavy atom. The number of rotatable bonds is 6. The SMILES string of the molecule is Cc1cnc(CNC(=O)Nc2ccccc2CCC(=O)N(C)C)cn1. The van der Waals surface area contributed by atoms with Crippen molar-refractivity contribution in [2.75, 3.05) is 19.4 Å². The Morgan fingerprint density at radius 3 is 2.56 bits per heavy atom. The highest BCUT2D eigenvalue weighted by atomic mass is 16.2. The van der Waals surface area contributed by atoms with Crippen LogP contribution in [-0.2, 0) is 17.8 Å². The van der Waals surface area contributed by atoms with E-state index in [0.29, 0.717) is 30.8 Å². The van der Waals surface area contributed by atoms with Gasteiger partial charge in [-0.3, -0.25) is 14.8 Å². The monoisotopic (exact) mass is 341 g/mol. The van der Waals surface area contributed by atoms with Crippen LogP contribution in [0.2, 0.25) is 0 Å². The molecular formula is C18H23N5O2. The lowest BCUT2D eigenvalue weighted by Gasteiger charge is -2.13. The van der Waals surface area contributed by atoms with Crippen molar-refractivity contribution in [2.24, 2.45) is 0 Å². The van der Waals surface area contributed by atoms with Crippen LogP contribution in [0.1, 0.15) is 23.4 Å². The number of benzene rings is 1. The van der Waals surface area contributed by atoms with Gasteiger partial charge in [0.05, 0.1) is 24.1 Å². The molecule has 0 unspecified atom stereocenters. The summed E-state index contributed by atoms with van der Waals surface area (Å²) in [6.07, 6.45) is 4.26. The maximum Gasteiger partial charge on any atom is 0.319 e. The number of anilines is 1. The molecule has 1 aromatic carbocycles. The van der Waals surface area contributed by atoms with Gasteiger partial charge in [0.1, 0.15) is 0 Å². The average molecular weight is 341 g/mol. The lowest BCUT2D eigenvalue weighted by Crippen LogP contribution is -2.29. The van der Waals surface area contributed by atoms with Crippen molar-refractivity contribution in [2.45, 2.75) is 26.3 Å². The Morgan fingerprint density at radius 2 is 1.88 bits per heavy atom. The van der Waals surface area contributed by atoms with E-state index in [-0.39, 0.29) is 11.9 Å². The molecule has 0 aliphatic carbocycles. The Bertz CT molecular complexity index is 729. The van der Waals surface area contributed by atoms with Gasteiger partial charge in [-0.2, -0.15) is 0 Å². The quantitative estimate of drug-likeness (QED) is 0.842. The normalized spacial score (nSPS) is 10.2.